The number of piperazine rings is 1. The van der Waals surface area contributed by atoms with E-state index in [9.17, 15) is 4.79 Å². The van der Waals surface area contributed by atoms with Crippen LogP contribution in [0.5, 0.6) is 5.75 Å². The summed E-state index contributed by atoms with van der Waals surface area (Å²) in [6.45, 7) is 3.91. The molecule has 1 aromatic heterocycles. The van der Waals surface area contributed by atoms with Crippen molar-refractivity contribution in [1.82, 2.24) is 14.8 Å². The van der Waals surface area contributed by atoms with Crippen molar-refractivity contribution >= 4 is 28.6 Å². The first-order valence-corrected chi connectivity index (χ1v) is 7.88. The average Bonchev–Trinajstić information content (AvgIpc) is 2.55. The standard InChI is InChI=1S/C16H18ClN3O3/c17-14-3-4-18-15-11-12(1-2-13(14)15)23-10-9-19-5-7-20(8-6-19)16(21)22/h1-4,11H,5-10H2,(H,21,22). The zero-order valence-electron chi connectivity index (χ0n) is 12.6. The minimum absolute atomic E-state index is 0.549. The number of fused-ring (bicyclic) bond motifs is 1. The molecule has 0 aliphatic carbocycles. The van der Waals surface area contributed by atoms with Crippen molar-refractivity contribution in [1.29, 1.82) is 0 Å². The molecule has 6 nitrogen and oxygen atoms in total. The van der Waals surface area contributed by atoms with Crippen molar-refractivity contribution in [2.24, 2.45) is 0 Å². The number of nitrogens with zero attached hydrogens (tertiary/aromatic N) is 3. The highest BCUT2D eigenvalue weighted by Crippen LogP contribution is 2.25. The lowest BCUT2D eigenvalue weighted by Gasteiger charge is -2.32. The zero-order chi connectivity index (χ0) is 16.2. The summed E-state index contributed by atoms with van der Waals surface area (Å²) in [6, 6.07) is 7.44. The highest BCUT2D eigenvalue weighted by molar-refractivity contribution is 6.35. The summed E-state index contributed by atoms with van der Waals surface area (Å²) in [7, 11) is 0. The number of carboxylic acid groups (broad SMARTS) is 1. The Bertz CT molecular complexity index is 702. The fourth-order valence-electron chi connectivity index (χ4n) is 2.64. The second-order valence-electron chi connectivity index (χ2n) is 5.43. The van der Waals surface area contributed by atoms with E-state index in [4.69, 9.17) is 21.4 Å². The summed E-state index contributed by atoms with van der Waals surface area (Å²) >= 11 is 6.12. The number of rotatable bonds is 4. The average molecular weight is 336 g/mol. The van der Waals surface area contributed by atoms with Crippen molar-refractivity contribution in [3.8, 4) is 5.75 Å². The normalized spacial score (nSPS) is 15.8. The minimum atomic E-state index is -0.844. The topological polar surface area (TPSA) is 65.9 Å². The van der Waals surface area contributed by atoms with Crippen molar-refractivity contribution in [2.45, 2.75) is 0 Å². The van der Waals surface area contributed by atoms with E-state index >= 15 is 0 Å². The van der Waals surface area contributed by atoms with Gasteiger partial charge in [0.05, 0.1) is 10.5 Å². The van der Waals surface area contributed by atoms with Gasteiger partial charge in [-0.3, -0.25) is 9.88 Å². The molecule has 0 bridgehead atoms. The van der Waals surface area contributed by atoms with Gasteiger partial charge in [-0.05, 0) is 18.2 Å². The highest BCUT2D eigenvalue weighted by atomic mass is 35.5. The van der Waals surface area contributed by atoms with Gasteiger partial charge < -0.3 is 14.7 Å². The number of carbonyl (C=O) groups is 1. The number of amides is 1. The minimum Gasteiger partial charge on any atom is -0.492 e. The van der Waals surface area contributed by atoms with E-state index in [2.05, 4.69) is 9.88 Å². The Morgan fingerprint density at radius 3 is 2.78 bits per heavy atom. The Morgan fingerprint density at radius 1 is 1.26 bits per heavy atom. The van der Waals surface area contributed by atoms with Crippen LogP contribution in [0.3, 0.4) is 0 Å². The fraction of sp³-hybridized carbons (Fsp3) is 0.375. The summed E-state index contributed by atoms with van der Waals surface area (Å²) in [5.41, 5.74) is 0.810. The van der Waals surface area contributed by atoms with E-state index in [1.165, 1.54) is 4.90 Å². The predicted molar refractivity (Wildman–Crippen MR) is 88.3 cm³/mol. The van der Waals surface area contributed by atoms with Crippen LogP contribution in [-0.2, 0) is 0 Å². The monoisotopic (exact) mass is 335 g/mol. The number of hydrogen-bond acceptors (Lipinski definition) is 4. The SMILES string of the molecule is O=C(O)N1CCN(CCOc2ccc3c(Cl)ccnc3c2)CC1. The first kappa shape index (κ1) is 15.8. The first-order chi connectivity index (χ1) is 11.1. The summed E-state index contributed by atoms with van der Waals surface area (Å²) in [5, 5.41) is 10.5. The van der Waals surface area contributed by atoms with Crippen LogP contribution in [-0.4, -0.2) is 65.3 Å². The van der Waals surface area contributed by atoms with E-state index in [0.717, 1.165) is 36.3 Å². The largest absolute Gasteiger partial charge is 0.492 e. The van der Waals surface area contributed by atoms with Crippen LogP contribution in [0.25, 0.3) is 10.9 Å². The summed E-state index contributed by atoms with van der Waals surface area (Å²) in [6.07, 6.45) is 0.833. The van der Waals surface area contributed by atoms with Crippen LogP contribution in [0.2, 0.25) is 5.02 Å². The molecule has 2 heterocycles. The molecule has 1 aliphatic heterocycles. The molecule has 1 amide bonds. The highest BCUT2D eigenvalue weighted by Gasteiger charge is 2.19. The molecule has 2 aromatic rings. The maximum absolute atomic E-state index is 10.9. The molecule has 0 radical (unpaired) electrons. The lowest BCUT2D eigenvalue weighted by molar-refractivity contribution is 0.0985. The zero-order valence-corrected chi connectivity index (χ0v) is 13.4. The molecule has 1 saturated heterocycles. The van der Waals surface area contributed by atoms with Gasteiger partial charge in [-0.25, -0.2) is 4.79 Å². The van der Waals surface area contributed by atoms with Crippen LogP contribution in [0.15, 0.2) is 30.5 Å². The maximum atomic E-state index is 10.9. The van der Waals surface area contributed by atoms with Crippen molar-refractivity contribution < 1.29 is 14.6 Å². The molecule has 3 rings (SSSR count). The molecule has 23 heavy (non-hydrogen) atoms. The molecule has 0 unspecified atom stereocenters. The molecular formula is C16H18ClN3O3. The van der Waals surface area contributed by atoms with Crippen LogP contribution < -0.4 is 4.74 Å². The molecular weight excluding hydrogens is 318 g/mol. The van der Waals surface area contributed by atoms with Gasteiger partial charge >= 0.3 is 6.09 Å². The van der Waals surface area contributed by atoms with Gasteiger partial charge in [-0.15, -0.1) is 0 Å². The van der Waals surface area contributed by atoms with E-state index in [1.807, 2.05) is 18.2 Å². The summed E-state index contributed by atoms with van der Waals surface area (Å²) in [5.74, 6) is 0.761. The fourth-order valence-corrected chi connectivity index (χ4v) is 2.85. The number of pyridine rings is 1. The summed E-state index contributed by atoms with van der Waals surface area (Å²) in [4.78, 5) is 18.8. The van der Waals surface area contributed by atoms with Gasteiger partial charge in [0.15, 0.2) is 0 Å². The lowest BCUT2D eigenvalue weighted by Crippen LogP contribution is -2.49. The van der Waals surface area contributed by atoms with Gasteiger partial charge in [0, 0.05) is 50.4 Å². The van der Waals surface area contributed by atoms with Gasteiger partial charge in [0.1, 0.15) is 12.4 Å². The van der Waals surface area contributed by atoms with Crippen LogP contribution >= 0.6 is 11.6 Å². The number of ether oxygens (including phenoxy) is 1. The van der Waals surface area contributed by atoms with Crippen molar-refractivity contribution in [3.63, 3.8) is 0 Å². The second-order valence-corrected chi connectivity index (χ2v) is 5.84. The molecule has 1 aliphatic rings. The van der Waals surface area contributed by atoms with Crippen LogP contribution in [0.4, 0.5) is 4.79 Å². The molecule has 0 atom stereocenters. The molecule has 1 fully saturated rings. The molecule has 0 spiro atoms. The van der Waals surface area contributed by atoms with Crippen molar-refractivity contribution in [2.75, 3.05) is 39.3 Å². The van der Waals surface area contributed by atoms with E-state index in [0.29, 0.717) is 24.7 Å². The Hall–Kier alpha value is -2.05. The quantitative estimate of drug-likeness (QED) is 0.930. The first-order valence-electron chi connectivity index (χ1n) is 7.51. The Morgan fingerprint density at radius 2 is 2.04 bits per heavy atom. The van der Waals surface area contributed by atoms with Gasteiger partial charge in [0.2, 0.25) is 0 Å². The maximum Gasteiger partial charge on any atom is 0.407 e. The third kappa shape index (κ3) is 3.83. The van der Waals surface area contributed by atoms with E-state index < -0.39 is 6.09 Å². The third-order valence-corrected chi connectivity index (χ3v) is 4.31. The third-order valence-electron chi connectivity index (χ3n) is 3.98. The molecule has 0 saturated carbocycles. The summed E-state index contributed by atoms with van der Waals surface area (Å²) < 4.78 is 5.78. The number of halogens is 1. The molecule has 1 N–H and O–H groups in total. The molecule has 122 valence electrons. The van der Waals surface area contributed by atoms with Gasteiger partial charge in [-0.1, -0.05) is 11.6 Å². The number of benzene rings is 1. The predicted octanol–water partition coefficient (Wildman–Crippen LogP) is 2.56. The van der Waals surface area contributed by atoms with E-state index in [1.54, 1.807) is 12.3 Å². The Balaban J connectivity index is 1.50. The smallest absolute Gasteiger partial charge is 0.407 e. The van der Waals surface area contributed by atoms with Gasteiger partial charge in [-0.2, -0.15) is 0 Å². The van der Waals surface area contributed by atoms with E-state index in [-0.39, 0.29) is 0 Å². The molecule has 1 aromatic carbocycles. The Kier molecular flexibility index (Phi) is 4.83. The molecule has 7 heteroatoms. The Labute approximate surface area is 139 Å². The second kappa shape index (κ2) is 7.02. The number of aromatic nitrogens is 1. The van der Waals surface area contributed by atoms with Crippen LogP contribution in [0.1, 0.15) is 0 Å². The number of hydrogen-bond donors (Lipinski definition) is 1. The lowest BCUT2D eigenvalue weighted by atomic mass is 10.2. The van der Waals surface area contributed by atoms with Crippen LogP contribution in [0, 0.1) is 0 Å². The van der Waals surface area contributed by atoms with Crippen molar-refractivity contribution in [3.05, 3.63) is 35.5 Å². The van der Waals surface area contributed by atoms with Gasteiger partial charge in [0.25, 0.3) is 0 Å².